The molecule has 4 heteroatoms. The summed E-state index contributed by atoms with van der Waals surface area (Å²) in [6.45, 7) is 3.57. The van der Waals surface area contributed by atoms with Crippen LogP contribution in [0.5, 0.6) is 0 Å². The Labute approximate surface area is 73.5 Å². The molecule has 0 aromatic rings. The zero-order valence-corrected chi connectivity index (χ0v) is 8.11. The summed E-state index contributed by atoms with van der Waals surface area (Å²) in [5.41, 5.74) is 0. The Kier molecular flexibility index (Phi) is 4.41. The Morgan fingerprint density at radius 3 is 1.83 bits per heavy atom. The molecule has 0 rings (SSSR count). The molecule has 1 atom stereocenters. The topological polar surface area (TPSA) is 41.5 Å². The molecule has 0 spiro atoms. The van der Waals surface area contributed by atoms with Gasteiger partial charge in [-0.25, -0.2) is 0 Å². The largest absolute Gasteiger partial charge is 0.633 e. The molecule has 1 unspecified atom stereocenters. The van der Waals surface area contributed by atoms with Gasteiger partial charge < -0.3 is 19.3 Å². The summed E-state index contributed by atoms with van der Waals surface area (Å²) in [6.07, 6.45) is 1.01. The summed E-state index contributed by atoms with van der Waals surface area (Å²) >= 11 is 0. The maximum absolute atomic E-state index is 11.5. The first-order valence-corrected chi connectivity index (χ1v) is 3.70. The minimum Gasteiger partial charge on any atom is -0.633 e. The predicted molar refractivity (Wildman–Crippen MR) is 47.3 cm³/mol. The van der Waals surface area contributed by atoms with Crippen LogP contribution in [0.3, 0.4) is 0 Å². The molecule has 4 nitrogen and oxygen atoms in total. The normalized spacial score (nSPS) is 14.8. The van der Waals surface area contributed by atoms with Crippen LogP contribution >= 0.6 is 0 Å². The van der Waals surface area contributed by atoms with Crippen molar-refractivity contribution in [2.24, 2.45) is 0 Å². The van der Waals surface area contributed by atoms with Gasteiger partial charge in [0.25, 0.3) is 0 Å². The van der Waals surface area contributed by atoms with Gasteiger partial charge in [-0.2, -0.15) is 0 Å². The highest BCUT2D eigenvalue weighted by Crippen LogP contribution is 2.12. The van der Waals surface area contributed by atoms with Crippen molar-refractivity contribution >= 4 is 0 Å². The van der Waals surface area contributed by atoms with E-state index in [4.69, 9.17) is 9.47 Å². The Morgan fingerprint density at radius 2 is 1.75 bits per heavy atom. The number of quaternary nitrogens is 1. The Hall–Kier alpha value is -0.420. The zero-order chi connectivity index (χ0) is 9.78. The van der Waals surface area contributed by atoms with Crippen molar-refractivity contribution in [3.8, 4) is 0 Å². The molecule has 0 radical (unpaired) electrons. The number of rotatable bonds is 5. The van der Waals surface area contributed by atoms with Crippen molar-refractivity contribution in [1.29, 1.82) is 0 Å². The number of hydrogen-bond acceptors (Lipinski definition) is 3. The van der Waals surface area contributed by atoms with Crippen molar-refractivity contribution in [2.75, 3.05) is 28.3 Å². The Morgan fingerprint density at radius 1 is 1.33 bits per heavy atom. The van der Waals surface area contributed by atoms with Crippen molar-refractivity contribution in [1.82, 2.24) is 0 Å². The summed E-state index contributed by atoms with van der Waals surface area (Å²) in [5.74, 6) is 0. The molecule has 0 saturated heterocycles. The van der Waals surface area contributed by atoms with E-state index in [1.165, 1.54) is 28.3 Å². The number of hydroxylamine groups is 3. The Balaban J connectivity index is 4.41. The molecule has 0 aromatic carbocycles. The van der Waals surface area contributed by atoms with Crippen LogP contribution < -0.4 is 0 Å². The van der Waals surface area contributed by atoms with Crippen molar-refractivity contribution < 1.29 is 14.1 Å². The van der Waals surface area contributed by atoms with E-state index >= 15 is 0 Å². The maximum atomic E-state index is 11.5. The first kappa shape index (κ1) is 11.6. The third kappa shape index (κ3) is 2.91. The third-order valence-electron chi connectivity index (χ3n) is 1.70. The first-order chi connectivity index (χ1) is 5.47. The number of hydrogen-bond donors (Lipinski definition) is 0. The van der Waals surface area contributed by atoms with E-state index in [1.807, 2.05) is 0 Å². The molecule has 0 aliphatic rings. The fraction of sp³-hybridized carbons (Fsp3) is 0.750. The third-order valence-corrected chi connectivity index (χ3v) is 1.70. The van der Waals surface area contributed by atoms with Crippen LogP contribution in [0, 0.1) is 5.21 Å². The molecule has 0 N–H and O–H groups in total. The molecule has 0 saturated carbocycles. The van der Waals surface area contributed by atoms with E-state index in [9.17, 15) is 5.21 Å². The minimum absolute atomic E-state index is 0.403. The Bertz CT molecular complexity index is 138. The van der Waals surface area contributed by atoms with Crippen LogP contribution in [0.15, 0.2) is 12.7 Å². The molecule has 0 amide bonds. The molecule has 0 fully saturated rings. The van der Waals surface area contributed by atoms with E-state index in [0.717, 1.165) is 0 Å². The number of methoxy groups -OCH3 is 2. The van der Waals surface area contributed by atoms with Gasteiger partial charge in [-0.3, -0.25) is 0 Å². The standard InChI is InChI=1S/C8H17NO3/c1-6-7(9(2,3)10)8(11-4)12-5/h6-8H,1H2,2-5H3. The summed E-state index contributed by atoms with van der Waals surface area (Å²) < 4.78 is 9.44. The highest BCUT2D eigenvalue weighted by Gasteiger charge is 2.27. The highest BCUT2D eigenvalue weighted by atomic mass is 16.7. The maximum Gasteiger partial charge on any atom is 0.214 e. The van der Waals surface area contributed by atoms with Crippen LogP contribution in [0.25, 0.3) is 0 Å². The van der Waals surface area contributed by atoms with Crippen molar-refractivity contribution in [3.63, 3.8) is 0 Å². The minimum atomic E-state index is -0.532. The fourth-order valence-corrected chi connectivity index (χ4v) is 1.03. The van der Waals surface area contributed by atoms with Gasteiger partial charge in [0.1, 0.15) is 0 Å². The highest BCUT2D eigenvalue weighted by molar-refractivity contribution is 4.83. The van der Waals surface area contributed by atoms with Gasteiger partial charge in [0, 0.05) is 14.2 Å². The first-order valence-electron chi connectivity index (χ1n) is 3.70. The molecule has 0 aliphatic carbocycles. The summed E-state index contributed by atoms with van der Waals surface area (Å²) in [6, 6.07) is -0.403. The molecular weight excluding hydrogens is 158 g/mol. The van der Waals surface area contributed by atoms with E-state index in [-0.39, 0.29) is 0 Å². The molecule has 0 aliphatic heterocycles. The number of nitrogens with zero attached hydrogens (tertiary/aromatic N) is 1. The second-order valence-corrected chi connectivity index (χ2v) is 3.00. The second-order valence-electron chi connectivity index (χ2n) is 3.00. The zero-order valence-electron chi connectivity index (χ0n) is 8.11. The van der Waals surface area contributed by atoms with Gasteiger partial charge in [-0.1, -0.05) is 6.58 Å². The van der Waals surface area contributed by atoms with Crippen LogP contribution in [0.4, 0.5) is 0 Å². The van der Waals surface area contributed by atoms with Crippen molar-refractivity contribution in [2.45, 2.75) is 12.3 Å². The van der Waals surface area contributed by atoms with Gasteiger partial charge in [0.2, 0.25) is 6.29 Å². The number of likely N-dealkylation sites (N-methyl/N-ethyl adjacent to an activating group) is 1. The van der Waals surface area contributed by atoms with E-state index < -0.39 is 17.0 Å². The lowest BCUT2D eigenvalue weighted by atomic mass is 10.2. The van der Waals surface area contributed by atoms with Crippen LogP contribution in [-0.2, 0) is 9.47 Å². The SMILES string of the molecule is C=CC(C(OC)OC)[N+](C)(C)[O-]. The quantitative estimate of drug-likeness (QED) is 0.268. The summed E-state index contributed by atoms with van der Waals surface area (Å²) in [4.78, 5) is 0. The number of ether oxygens (including phenoxy) is 2. The van der Waals surface area contributed by atoms with E-state index in [1.54, 1.807) is 6.08 Å². The molecule has 0 aromatic heterocycles. The lowest BCUT2D eigenvalue weighted by Crippen LogP contribution is -2.50. The van der Waals surface area contributed by atoms with Crippen molar-refractivity contribution in [3.05, 3.63) is 17.9 Å². The average Bonchev–Trinajstić information content (AvgIpc) is 1.97. The van der Waals surface area contributed by atoms with Gasteiger partial charge in [0.05, 0.1) is 14.1 Å². The fourth-order valence-electron chi connectivity index (χ4n) is 1.03. The summed E-state index contributed by atoms with van der Waals surface area (Å²) in [7, 11) is 6.05. The monoisotopic (exact) mass is 175 g/mol. The molecule has 0 heterocycles. The van der Waals surface area contributed by atoms with Crippen LogP contribution in [-0.4, -0.2) is 45.3 Å². The van der Waals surface area contributed by atoms with E-state index in [0.29, 0.717) is 0 Å². The van der Waals surface area contributed by atoms with Gasteiger partial charge in [-0.15, -0.1) is 0 Å². The van der Waals surface area contributed by atoms with Gasteiger partial charge in [-0.05, 0) is 6.08 Å². The lowest BCUT2D eigenvalue weighted by Gasteiger charge is -2.42. The molecule has 72 valence electrons. The lowest BCUT2D eigenvalue weighted by molar-refractivity contribution is -0.867. The average molecular weight is 175 g/mol. The molecular formula is C8H17NO3. The smallest absolute Gasteiger partial charge is 0.214 e. The predicted octanol–water partition coefficient (Wildman–Crippen LogP) is 0.734. The van der Waals surface area contributed by atoms with Crippen LogP contribution in [0.2, 0.25) is 0 Å². The molecule has 12 heavy (non-hydrogen) atoms. The molecule has 0 bridgehead atoms. The van der Waals surface area contributed by atoms with Gasteiger partial charge in [0.15, 0.2) is 6.04 Å². The summed E-state index contributed by atoms with van der Waals surface area (Å²) in [5, 5.41) is 11.5. The second kappa shape index (κ2) is 4.57. The van der Waals surface area contributed by atoms with E-state index in [2.05, 4.69) is 6.58 Å². The van der Waals surface area contributed by atoms with Gasteiger partial charge >= 0.3 is 0 Å². The van der Waals surface area contributed by atoms with Crippen LogP contribution in [0.1, 0.15) is 0 Å².